The van der Waals surface area contributed by atoms with Crippen molar-refractivity contribution < 1.29 is 4.79 Å². The first-order chi connectivity index (χ1) is 13.1. The molecule has 1 heterocycles. The number of carbonyl (C=O) groups is 1. The van der Waals surface area contributed by atoms with Gasteiger partial charge in [-0.2, -0.15) is 5.10 Å². The molecule has 1 amide bonds. The molecule has 0 aliphatic heterocycles. The van der Waals surface area contributed by atoms with E-state index in [2.05, 4.69) is 33.3 Å². The zero-order valence-electron chi connectivity index (χ0n) is 15.7. The summed E-state index contributed by atoms with van der Waals surface area (Å²) in [6, 6.07) is 20.3. The minimum Gasteiger partial charge on any atom is -0.318 e. The Morgan fingerprint density at radius 1 is 1.00 bits per heavy atom. The molecular formula is C23H23N3O. The highest BCUT2D eigenvalue weighted by molar-refractivity contribution is 6.04. The molecule has 1 aliphatic carbocycles. The number of nitrogens with zero attached hydrogens (tertiary/aromatic N) is 2. The van der Waals surface area contributed by atoms with E-state index in [-0.39, 0.29) is 5.91 Å². The Labute approximate surface area is 159 Å². The number of amides is 1. The average Bonchev–Trinajstić information content (AvgIpc) is 3.01. The molecule has 4 heteroatoms. The van der Waals surface area contributed by atoms with Crippen molar-refractivity contribution in [2.24, 2.45) is 5.10 Å². The van der Waals surface area contributed by atoms with Gasteiger partial charge in [0.1, 0.15) is 0 Å². The van der Waals surface area contributed by atoms with Crippen molar-refractivity contribution >= 4 is 11.6 Å². The van der Waals surface area contributed by atoms with Crippen molar-refractivity contribution in [3.05, 3.63) is 88.7 Å². The van der Waals surface area contributed by atoms with Gasteiger partial charge < -0.3 is 4.57 Å². The summed E-state index contributed by atoms with van der Waals surface area (Å²) in [4.78, 5) is 12.8. The highest BCUT2D eigenvalue weighted by Gasteiger charge is 2.18. The number of benzene rings is 2. The van der Waals surface area contributed by atoms with Crippen LogP contribution in [-0.2, 0) is 6.42 Å². The predicted octanol–water partition coefficient (Wildman–Crippen LogP) is 4.56. The summed E-state index contributed by atoms with van der Waals surface area (Å²) in [5.74, 6) is -0.166. The maximum Gasteiger partial charge on any atom is 0.273 e. The standard InChI is InChI=1S/C23H23N3O/c1-16-15-21(17(2)26(16)19-11-4-3-5-12-19)23(27)25-24-22-14-8-10-18-9-6-7-13-20(18)22/h3-7,9,11-13,15H,8,10,14H2,1-2H3,(H,25,27)/b24-22+. The number of fused-ring (bicyclic) bond motifs is 1. The molecule has 0 atom stereocenters. The largest absolute Gasteiger partial charge is 0.318 e. The van der Waals surface area contributed by atoms with Gasteiger partial charge in [-0.05, 0) is 56.9 Å². The number of hydrazone groups is 1. The molecule has 1 aliphatic rings. The molecule has 1 N–H and O–H groups in total. The Balaban J connectivity index is 1.60. The molecule has 4 nitrogen and oxygen atoms in total. The van der Waals surface area contributed by atoms with Crippen molar-refractivity contribution in [3.63, 3.8) is 0 Å². The second kappa shape index (κ2) is 7.23. The Morgan fingerprint density at radius 3 is 2.56 bits per heavy atom. The van der Waals surface area contributed by atoms with Crippen molar-refractivity contribution in [2.45, 2.75) is 33.1 Å². The lowest BCUT2D eigenvalue weighted by Gasteiger charge is -2.17. The van der Waals surface area contributed by atoms with Gasteiger partial charge in [0, 0.05) is 22.6 Å². The van der Waals surface area contributed by atoms with Crippen LogP contribution in [0.25, 0.3) is 5.69 Å². The van der Waals surface area contributed by atoms with Gasteiger partial charge in [-0.3, -0.25) is 4.79 Å². The number of aromatic nitrogens is 1. The van der Waals surface area contributed by atoms with Crippen molar-refractivity contribution in [1.82, 2.24) is 9.99 Å². The van der Waals surface area contributed by atoms with E-state index in [4.69, 9.17) is 0 Å². The normalized spacial score (nSPS) is 14.8. The van der Waals surface area contributed by atoms with Crippen molar-refractivity contribution in [1.29, 1.82) is 0 Å². The van der Waals surface area contributed by atoms with E-state index in [9.17, 15) is 4.79 Å². The van der Waals surface area contributed by atoms with Crippen LogP contribution in [0, 0.1) is 13.8 Å². The molecule has 27 heavy (non-hydrogen) atoms. The third-order valence-corrected chi connectivity index (χ3v) is 5.17. The SMILES string of the molecule is Cc1cc(C(=O)N/N=C2\CCCc3ccccc32)c(C)n1-c1ccccc1. The zero-order valence-corrected chi connectivity index (χ0v) is 15.7. The molecule has 0 spiro atoms. The average molecular weight is 357 g/mol. The van der Waals surface area contributed by atoms with Gasteiger partial charge in [0.2, 0.25) is 0 Å². The fourth-order valence-electron chi connectivity index (χ4n) is 3.86. The number of rotatable bonds is 3. The molecule has 3 aromatic rings. The number of para-hydroxylation sites is 1. The summed E-state index contributed by atoms with van der Waals surface area (Å²) < 4.78 is 2.10. The highest BCUT2D eigenvalue weighted by atomic mass is 16.2. The Bertz CT molecular complexity index is 1020. The van der Waals surface area contributed by atoms with E-state index in [0.29, 0.717) is 5.56 Å². The molecule has 0 saturated heterocycles. The Morgan fingerprint density at radius 2 is 1.74 bits per heavy atom. The summed E-state index contributed by atoms with van der Waals surface area (Å²) in [6.07, 6.45) is 3.02. The van der Waals surface area contributed by atoms with Crippen LogP contribution in [0.4, 0.5) is 0 Å². The molecule has 0 bridgehead atoms. The third-order valence-electron chi connectivity index (χ3n) is 5.17. The summed E-state index contributed by atoms with van der Waals surface area (Å²) in [7, 11) is 0. The quantitative estimate of drug-likeness (QED) is 0.686. The van der Waals surface area contributed by atoms with Crippen LogP contribution >= 0.6 is 0 Å². The number of aryl methyl sites for hydroxylation is 2. The molecule has 0 unspecified atom stereocenters. The first-order valence-corrected chi connectivity index (χ1v) is 9.34. The lowest BCUT2D eigenvalue weighted by molar-refractivity contribution is 0.0954. The lowest BCUT2D eigenvalue weighted by atomic mass is 9.90. The summed E-state index contributed by atoms with van der Waals surface area (Å²) in [6.45, 7) is 3.98. The number of nitrogens with one attached hydrogen (secondary N) is 1. The number of hydrogen-bond acceptors (Lipinski definition) is 2. The topological polar surface area (TPSA) is 46.4 Å². The Kier molecular flexibility index (Phi) is 4.63. The first kappa shape index (κ1) is 17.3. The number of carbonyl (C=O) groups excluding carboxylic acids is 1. The lowest BCUT2D eigenvalue weighted by Crippen LogP contribution is -2.22. The van der Waals surface area contributed by atoms with Gasteiger partial charge in [-0.15, -0.1) is 0 Å². The van der Waals surface area contributed by atoms with Gasteiger partial charge in [0.15, 0.2) is 0 Å². The molecule has 136 valence electrons. The minimum absolute atomic E-state index is 0.166. The van der Waals surface area contributed by atoms with Gasteiger partial charge in [0.25, 0.3) is 5.91 Å². The molecule has 0 radical (unpaired) electrons. The van der Waals surface area contributed by atoms with E-state index in [1.165, 1.54) is 5.56 Å². The van der Waals surface area contributed by atoms with E-state index in [1.54, 1.807) is 0 Å². The first-order valence-electron chi connectivity index (χ1n) is 9.34. The van der Waals surface area contributed by atoms with Gasteiger partial charge in [-0.25, -0.2) is 5.43 Å². The zero-order chi connectivity index (χ0) is 18.8. The van der Waals surface area contributed by atoms with Gasteiger partial charge in [-0.1, -0.05) is 42.5 Å². The van der Waals surface area contributed by atoms with Crippen LogP contribution in [0.5, 0.6) is 0 Å². The van der Waals surface area contributed by atoms with Crippen LogP contribution in [0.2, 0.25) is 0 Å². The summed E-state index contributed by atoms with van der Waals surface area (Å²) in [5, 5.41) is 4.46. The maximum atomic E-state index is 12.8. The van der Waals surface area contributed by atoms with Gasteiger partial charge in [0.05, 0.1) is 11.3 Å². The van der Waals surface area contributed by atoms with Crippen LogP contribution < -0.4 is 5.43 Å². The Hall–Kier alpha value is -3.14. The molecule has 0 saturated carbocycles. The summed E-state index contributed by atoms with van der Waals surface area (Å²) in [5.41, 5.74) is 9.85. The highest BCUT2D eigenvalue weighted by Crippen LogP contribution is 2.22. The van der Waals surface area contributed by atoms with Crippen molar-refractivity contribution in [3.8, 4) is 5.69 Å². The van der Waals surface area contributed by atoms with Gasteiger partial charge >= 0.3 is 0 Å². The third kappa shape index (κ3) is 3.31. The molecular weight excluding hydrogens is 334 g/mol. The van der Waals surface area contributed by atoms with E-state index in [1.807, 2.05) is 56.3 Å². The fraction of sp³-hybridized carbons (Fsp3) is 0.217. The van der Waals surface area contributed by atoms with Crippen LogP contribution in [0.1, 0.15) is 45.7 Å². The van der Waals surface area contributed by atoms with Crippen LogP contribution in [-0.4, -0.2) is 16.2 Å². The molecule has 2 aromatic carbocycles. The maximum absolute atomic E-state index is 12.8. The fourth-order valence-corrected chi connectivity index (χ4v) is 3.86. The van der Waals surface area contributed by atoms with Crippen LogP contribution in [0.15, 0.2) is 65.8 Å². The minimum atomic E-state index is -0.166. The second-order valence-electron chi connectivity index (χ2n) is 6.97. The van der Waals surface area contributed by atoms with E-state index >= 15 is 0 Å². The summed E-state index contributed by atoms with van der Waals surface area (Å²) >= 11 is 0. The molecule has 0 fully saturated rings. The molecule has 1 aromatic heterocycles. The predicted molar refractivity (Wildman–Crippen MR) is 109 cm³/mol. The second-order valence-corrected chi connectivity index (χ2v) is 6.97. The van der Waals surface area contributed by atoms with E-state index < -0.39 is 0 Å². The monoisotopic (exact) mass is 357 g/mol. The van der Waals surface area contributed by atoms with Crippen molar-refractivity contribution in [2.75, 3.05) is 0 Å². The van der Waals surface area contributed by atoms with E-state index in [0.717, 1.165) is 47.6 Å². The van der Waals surface area contributed by atoms with Crippen LogP contribution in [0.3, 0.4) is 0 Å². The molecule has 4 rings (SSSR count). The smallest absolute Gasteiger partial charge is 0.273 e. The number of hydrogen-bond donors (Lipinski definition) is 1.